The van der Waals surface area contributed by atoms with Crippen LogP contribution in [0.3, 0.4) is 0 Å². The fourth-order valence-electron chi connectivity index (χ4n) is 1.14. The minimum atomic E-state index is 0.494. The molecule has 0 radical (unpaired) electrons. The van der Waals surface area contributed by atoms with Gasteiger partial charge in [-0.05, 0) is 6.72 Å². The Morgan fingerprint density at radius 3 is 3.38 bits per heavy atom. The van der Waals surface area contributed by atoms with Crippen molar-refractivity contribution in [2.75, 3.05) is 6.54 Å². The zero-order valence-electron chi connectivity index (χ0n) is 7.01. The van der Waals surface area contributed by atoms with Crippen molar-refractivity contribution in [3.63, 3.8) is 0 Å². The fourth-order valence-corrected chi connectivity index (χ4v) is 1.14. The molecule has 2 heterocycles. The number of amidine groups is 1. The third-order valence-corrected chi connectivity index (χ3v) is 1.71. The van der Waals surface area contributed by atoms with Crippen molar-refractivity contribution in [2.45, 2.75) is 0 Å². The van der Waals surface area contributed by atoms with Crippen LogP contribution in [0.2, 0.25) is 0 Å². The van der Waals surface area contributed by atoms with Crippen LogP contribution in [0.1, 0.15) is 0 Å². The molecule has 0 fully saturated rings. The van der Waals surface area contributed by atoms with Gasteiger partial charge in [-0.15, -0.1) is 0 Å². The van der Waals surface area contributed by atoms with Crippen LogP contribution in [0.4, 0.5) is 0 Å². The lowest BCUT2D eigenvalue weighted by atomic mass is 10.4. The second kappa shape index (κ2) is 3.22. The first-order valence-electron chi connectivity index (χ1n) is 3.85. The Labute approximate surface area is 75.9 Å². The van der Waals surface area contributed by atoms with E-state index in [1.54, 1.807) is 6.20 Å². The van der Waals surface area contributed by atoms with Gasteiger partial charge in [0.1, 0.15) is 12.2 Å². The van der Waals surface area contributed by atoms with E-state index in [0.29, 0.717) is 6.54 Å². The topological polar surface area (TPSA) is 52.4 Å². The Bertz CT molecular complexity index is 336. The first-order chi connectivity index (χ1) is 6.42. The van der Waals surface area contributed by atoms with Gasteiger partial charge in [-0.3, -0.25) is 9.89 Å². The van der Waals surface area contributed by atoms with Crippen molar-refractivity contribution in [3.8, 4) is 0 Å². The Kier molecular flexibility index (Phi) is 1.91. The standard InChI is InChI=1S/C8H9N5/c1-9-4-7-11-6-12-8-5-10-2-3-13(7)8/h2-3,5-6,10H,1,4H2. The molecule has 2 rings (SSSR count). The monoisotopic (exact) mass is 175 g/mol. The molecule has 2 aliphatic heterocycles. The number of hydrogen-bond acceptors (Lipinski definition) is 5. The lowest BCUT2D eigenvalue weighted by Gasteiger charge is -2.25. The van der Waals surface area contributed by atoms with Gasteiger partial charge in [0, 0.05) is 18.6 Å². The van der Waals surface area contributed by atoms with Gasteiger partial charge in [0.2, 0.25) is 0 Å². The third kappa shape index (κ3) is 1.35. The van der Waals surface area contributed by atoms with Gasteiger partial charge in [-0.25, -0.2) is 9.98 Å². The molecular weight excluding hydrogens is 166 g/mol. The quantitative estimate of drug-likeness (QED) is 0.614. The predicted octanol–water partition coefficient (Wildman–Crippen LogP) is 0.303. The van der Waals surface area contributed by atoms with E-state index in [2.05, 4.69) is 27.0 Å². The molecule has 0 aliphatic carbocycles. The summed E-state index contributed by atoms with van der Waals surface area (Å²) in [5.74, 6) is 1.64. The molecule has 2 aliphatic rings. The van der Waals surface area contributed by atoms with E-state index in [1.807, 2.05) is 17.3 Å². The van der Waals surface area contributed by atoms with E-state index in [9.17, 15) is 0 Å². The van der Waals surface area contributed by atoms with Crippen LogP contribution >= 0.6 is 0 Å². The van der Waals surface area contributed by atoms with Gasteiger partial charge in [0.15, 0.2) is 5.82 Å². The average molecular weight is 175 g/mol. The van der Waals surface area contributed by atoms with Gasteiger partial charge in [-0.1, -0.05) is 0 Å². The maximum Gasteiger partial charge on any atom is 0.156 e. The Hall–Kier alpha value is -1.91. The molecular formula is C8H9N5. The summed E-state index contributed by atoms with van der Waals surface area (Å²) in [6, 6.07) is 0. The van der Waals surface area contributed by atoms with E-state index in [1.165, 1.54) is 6.34 Å². The highest BCUT2D eigenvalue weighted by atomic mass is 15.3. The number of hydrogen-bond donors (Lipinski definition) is 1. The third-order valence-electron chi connectivity index (χ3n) is 1.71. The largest absolute Gasteiger partial charge is 0.363 e. The van der Waals surface area contributed by atoms with Crippen LogP contribution in [0.5, 0.6) is 0 Å². The molecule has 5 heteroatoms. The summed E-state index contributed by atoms with van der Waals surface area (Å²) >= 11 is 0. The number of nitrogens with one attached hydrogen (secondary N) is 1. The molecule has 0 saturated heterocycles. The highest BCUT2D eigenvalue weighted by Crippen LogP contribution is 2.13. The molecule has 0 bridgehead atoms. The van der Waals surface area contributed by atoms with Crippen molar-refractivity contribution in [2.24, 2.45) is 15.0 Å². The van der Waals surface area contributed by atoms with E-state index >= 15 is 0 Å². The van der Waals surface area contributed by atoms with Crippen molar-refractivity contribution in [3.05, 3.63) is 24.4 Å². The van der Waals surface area contributed by atoms with Crippen LogP contribution in [-0.4, -0.2) is 30.3 Å². The molecule has 0 atom stereocenters. The molecule has 0 unspecified atom stereocenters. The zero-order chi connectivity index (χ0) is 9.10. The Morgan fingerprint density at radius 2 is 2.54 bits per heavy atom. The first kappa shape index (κ1) is 7.72. The number of rotatable bonds is 2. The van der Waals surface area contributed by atoms with Crippen LogP contribution in [0.25, 0.3) is 0 Å². The van der Waals surface area contributed by atoms with Crippen LogP contribution in [-0.2, 0) is 0 Å². The minimum absolute atomic E-state index is 0.494. The minimum Gasteiger partial charge on any atom is -0.363 e. The number of nitrogens with zero attached hydrogens (tertiary/aromatic N) is 4. The number of fused-ring (bicyclic) bond motifs is 1. The average Bonchev–Trinajstić information content (AvgIpc) is 2.19. The van der Waals surface area contributed by atoms with E-state index in [0.717, 1.165) is 11.7 Å². The Balaban J connectivity index is 2.27. The van der Waals surface area contributed by atoms with Crippen LogP contribution in [0.15, 0.2) is 39.4 Å². The number of aliphatic imine (C=N–C) groups is 3. The maximum absolute atomic E-state index is 4.10. The maximum atomic E-state index is 4.10. The predicted molar refractivity (Wildman–Crippen MR) is 52.5 cm³/mol. The zero-order valence-corrected chi connectivity index (χ0v) is 7.01. The molecule has 0 spiro atoms. The van der Waals surface area contributed by atoms with Crippen molar-refractivity contribution in [1.82, 2.24) is 10.2 Å². The molecule has 0 amide bonds. The molecule has 13 heavy (non-hydrogen) atoms. The summed E-state index contributed by atoms with van der Waals surface area (Å²) in [6.07, 6.45) is 6.98. The van der Waals surface area contributed by atoms with Crippen molar-refractivity contribution < 1.29 is 0 Å². The summed E-state index contributed by atoms with van der Waals surface area (Å²) in [7, 11) is 0. The highest BCUT2D eigenvalue weighted by molar-refractivity contribution is 5.94. The fraction of sp³-hybridized carbons (Fsp3) is 0.125. The molecule has 0 aromatic rings. The summed E-state index contributed by atoms with van der Waals surface area (Å²) in [4.78, 5) is 13.8. The first-order valence-corrected chi connectivity index (χ1v) is 3.85. The van der Waals surface area contributed by atoms with Gasteiger partial charge >= 0.3 is 0 Å². The van der Waals surface area contributed by atoms with Gasteiger partial charge in [-0.2, -0.15) is 0 Å². The SMILES string of the molecule is C=NCC1=NC=NC2=CNC=CN21. The molecule has 5 nitrogen and oxygen atoms in total. The molecule has 0 aromatic carbocycles. The van der Waals surface area contributed by atoms with Crippen LogP contribution in [0, 0.1) is 0 Å². The van der Waals surface area contributed by atoms with Gasteiger partial charge in [0.25, 0.3) is 0 Å². The second-order valence-electron chi connectivity index (χ2n) is 2.53. The Morgan fingerprint density at radius 1 is 1.62 bits per heavy atom. The summed E-state index contributed by atoms with van der Waals surface area (Å²) < 4.78 is 0. The lowest BCUT2D eigenvalue weighted by Crippen LogP contribution is -2.32. The second-order valence-corrected chi connectivity index (χ2v) is 2.53. The molecule has 1 N–H and O–H groups in total. The van der Waals surface area contributed by atoms with Crippen molar-refractivity contribution >= 4 is 18.9 Å². The molecule has 0 aromatic heterocycles. The van der Waals surface area contributed by atoms with Gasteiger partial charge < -0.3 is 5.32 Å². The summed E-state index contributed by atoms with van der Waals surface area (Å²) in [6.45, 7) is 3.92. The smallest absolute Gasteiger partial charge is 0.156 e. The highest BCUT2D eigenvalue weighted by Gasteiger charge is 2.16. The normalized spacial score (nSPS) is 18.6. The summed E-state index contributed by atoms with van der Waals surface area (Å²) in [5, 5.41) is 2.95. The van der Waals surface area contributed by atoms with Crippen molar-refractivity contribution in [1.29, 1.82) is 0 Å². The van der Waals surface area contributed by atoms with E-state index < -0.39 is 0 Å². The summed E-state index contributed by atoms with van der Waals surface area (Å²) in [5.41, 5.74) is 0. The van der Waals surface area contributed by atoms with E-state index in [-0.39, 0.29) is 0 Å². The van der Waals surface area contributed by atoms with Crippen LogP contribution < -0.4 is 5.32 Å². The van der Waals surface area contributed by atoms with Gasteiger partial charge in [0.05, 0.1) is 6.54 Å². The molecule has 0 saturated carbocycles. The molecule has 66 valence electrons. The van der Waals surface area contributed by atoms with E-state index in [4.69, 9.17) is 0 Å². The lowest BCUT2D eigenvalue weighted by molar-refractivity contribution is 0.634.